The molecule has 8 heteroatoms. The molecule has 0 aliphatic carbocycles. The lowest BCUT2D eigenvalue weighted by Crippen LogP contribution is -2.09. The number of hydrazine groups is 1. The van der Waals surface area contributed by atoms with E-state index in [2.05, 4.69) is 20.5 Å². The number of nitrogens with one attached hydrogen (secondary N) is 1. The van der Waals surface area contributed by atoms with Crippen LogP contribution in [0.15, 0.2) is 35.6 Å². The zero-order valence-corrected chi connectivity index (χ0v) is 12.4. The minimum Gasteiger partial charge on any atom is -0.497 e. The van der Waals surface area contributed by atoms with E-state index in [9.17, 15) is 0 Å². The Morgan fingerprint density at radius 2 is 2.00 bits per heavy atom. The zero-order chi connectivity index (χ0) is 14.8. The standard InChI is InChI=1S/C13H14N6OS/c1-20-9-5-3-8(4-6-9)19-12-10(13(18-19)21-2)11(17-14)15-7-16-12/h3-7H,14H2,1-2H3,(H,15,16,17). The van der Waals surface area contributed by atoms with E-state index in [1.807, 2.05) is 30.5 Å². The maximum atomic E-state index is 5.52. The zero-order valence-electron chi connectivity index (χ0n) is 11.6. The fourth-order valence-electron chi connectivity index (χ4n) is 2.08. The van der Waals surface area contributed by atoms with Crippen LogP contribution < -0.4 is 16.0 Å². The highest BCUT2D eigenvalue weighted by Gasteiger charge is 2.16. The van der Waals surface area contributed by atoms with Gasteiger partial charge in [0.15, 0.2) is 11.5 Å². The summed E-state index contributed by atoms with van der Waals surface area (Å²) in [4.78, 5) is 8.46. The number of nitrogen functional groups attached to an aromatic ring is 1. The van der Waals surface area contributed by atoms with Crippen molar-refractivity contribution in [1.82, 2.24) is 19.7 Å². The van der Waals surface area contributed by atoms with Gasteiger partial charge in [-0.2, -0.15) is 5.10 Å². The lowest BCUT2D eigenvalue weighted by molar-refractivity contribution is 0.414. The van der Waals surface area contributed by atoms with Gasteiger partial charge in [0.2, 0.25) is 0 Å². The van der Waals surface area contributed by atoms with Gasteiger partial charge in [-0.3, -0.25) is 0 Å². The van der Waals surface area contributed by atoms with Crippen LogP contribution >= 0.6 is 11.8 Å². The Bertz CT molecular complexity index is 770. The Labute approximate surface area is 125 Å². The first kappa shape index (κ1) is 13.7. The van der Waals surface area contributed by atoms with E-state index in [0.29, 0.717) is 11.5 Å². The lowest BCUT2D eigenvalue weighted by Gasteiger charge is -2.05. The summed E-state index contributed by atoms with van der Waals surface area (Å²) in [7, 11) is 1.64. The molecule has 0 spiro atoms. The topological polar surface area (TPSA) is 90.9 Å². The molecule has 0 amide bonds. The van der Waals surface area contributed by atoms with Crippen LogP contribution in [0.5, 0.6) is 5.75 Å². The Hall–Kier alpha value is -2.32. The minimum absolute atomic E-state index is 0.559. The summed E-state index contributed by atoms with van der Waals surface area (Å²) in [5.74, 6) is 6.87. The Morgan fingerprint density at radius 1 is 1.24 bits per heavy atom. The molecule has 1 aromatic carbocycles. The quantitative estimate of drug-likeness (QED) is 0.431. The Kier molecular flexibility index (Phi) is 3.63. The molecule has 0 saturated carbocycles. The number of thioether (sulfide) groups is 1. The van der Waals surface area contributed by atoms with Gasteiger partial charge < -0.3 is 10.2 Å². The molecule has 0 fully saturated rings. The summed E-state index contributed by atoms with van der Waals surface area (Å²) in [5.41, 5.74) is 4.18. The summed E-state index contributed by atoms with van der Waals surface area (Å²) in [6.07, 6.45) is 3.41. The van der Waals surface area contributed by atoms with E-state index in [4.69, 9.17) is 10.6 Å². The molecule has 3 N–H and O–H groups in total. The third-order valence-electron chi connectivity index (χ3n) is 3.08. The van der Waals surface area contributed by atoms with Gasteiger partial charge in [-0.15, -0.1) is 11.8 Å². The molecule has 3 rings (SSSR count). The molecular formula is C13H14N6OS. The Morgan fingerprint density at radius 3 is 2.62 bits per heavy atom. The smallest absolute Gasteiger partial charge is 0.169 e. The van der Waals surface area contributed by atoms with Crippen LogP contribution in [-0.4, -0.2) is 33.1 Å². The van der Waals surface area contributed by atoms with Crippen molar-refractivity contribution in [3.63, 3.8) is 0 Å². The maximum Gasteiger partial charge on any atom is 0.169 e. The van der Waals surface area contributed by atoms with Gasteiger partial charge in [0, 0.05) is 0 Å². The second-order valence-electron chi connectivity index (χ2n) is 4.18. The molecule has 0 atom stereocenters. The van der Waals surface area contributed by atoms with Crippen LogP contribution in [0.1, 0.15) is 0 Å². The van der Waals surface area contributed by atoms with E-state index in [0.717, 1.165) is 21.8 Å². The van der Waals surface area contributed by atoms with Crippen LogP contribution in [0, 0.1) is 0 Å². The molecule has 2 aromatic heterocycles. The fourth-order valence-corrected chi connectivity index (χ4v) is 2.63. The number of aromatic nitrogens is 4. The van der Waals surface area contributed by atoms with E-state index in [1.165, 1.54) is 18.1 Å². The second kappa shape index (κ2) is 5.58. The van der Waals surface area contributed by atoms with Crippen molar-refractivity contribution in [2.45, 2.75) is 5.03 Å². The van der Waals surface area contributed by atoms with E-state index in [1.54, 1.807) is 11.8 Å². The Balaban J connectivity index is 2.22. The van der Waals surface area contributed by atoms with Crippen molar-refractivity contribution < 1.29 is 4.74 Å². The number of anilines is 1. The van der Waals surface area contributed by atoms with Gasteiger partial charge in [0.05, 0.1) is 18.2 Å². The molecule has 0 aliphatic rings. The molecule has 0 radical (unpaired) electrons. The molecule has 0 aliphatic heterocycles. The highest BCUT2D eigenvalue weighted by atomic mass is 32.2. The molecule has 7 nitrogen and oxygen atoms in total. The average Bonchev–Trinajstić information content (AvgIpc) is 2.94. The first-order valence-electron chi connectivity index (χ1n) is 6.17. The number of benzene rings is 1. The number of nitrogens with zero attached hydrogens (tertiary/aromatic N) is 4. The van der Waals surface area contributed by atoms with Crippen molar-refractivity contribution >= 4 is 28.6 Å². The van der Waals surface area contributed by atoms with E-state index in [-0.39, 0.29) is 0 Å². The van der Waals surface area contributed by atoms with E-state index < -0.39 is 0 Å². The van der Waals surface area contributed by atoms with Crippen molar-refractivity contribution in [1.29, 1.82) is 0 Å². The highest BCUT2D eigenvalue weighted by molar-refractivity contribution is 7.98. The summed E-state index contributed by atoms with van der Waals surface area (Å²) >= 11 is 1.52. The van der Waals surface area contributed by atoms with Gasteiger partial charge in [0.1, 0.15) is 17.1 Å². The first-order valence-corrected chi connectivity index (χ1v) is 7.39. The first-order chi connectivity index (χ1) is 10.3. The van der Waals surface area contributed by atoms with Crippen LogP contribution in [0.4, 0.5) is 5.82 Å². The van der Waals surface area contributed by atoms with Crippen LogP contribution in [0.2, 0.25) is 0 Å². The molecule has 2 heterocycles. The normalized spacial score (nSPS) is 10.8. The van der Waals surface area contributed by atoms with Crippen LogP contribution in [0.25, 0.3) is 16.7 Å². The SMILES string of the molecule is COc1ccc(-n2nc(SC)c3c(NN)ncnc32)cc1. The summed E-state index contributed by atoms with van der Waals surface area (Å²) in [6, 6.07) is 7.61. The molecular weight excluding hydrogens is 288 g/mol. The number of nitrogens with two attached hydrogens (primary N) is 1. The molecule has 21 heavy (non-hydrogen) atoms. The summed E-state index contributed by atoms with van der Waals surface area (Å²) in [6.45, 7) is 0. The van der Waals surface area contributed by atoms with Crippen molar-refractivity contribution in [2.75, 3.05) is 18.8 Å². The van der Waals surface area contributed by atoms with Crippen molar-refractivity contribution in [2.24, 2.45) is 5.84 Å². The molecule has 108 valence electrons. The van der Waals surface area contributed by atoms with Crippen LogP contribution in [-0.2, 0) is 0 Å². The largest absolute Gasteiger partial charge is 0.497 e. The lowest BCUT2D eigenvalue weighted by atomic mass is 10.3. The van der Waals surface area contributed by atoms with Gasteiger partial charge >= 0.3 is 0 Å². The predicted octanol–water partition coefficient (Wildman–Crippen LogP) is 1.83. The van der Waals surface area contributed by atoms with Crippen molar-refractivity contribution in [3.05, 3.63) is 30.6 Å². The van der Waals surface area contributed by atoms with Crippen molar-refractivity contribution in [3.8, 4) is 11.4 Å². The third kappa shape index (κ3) is 2.28. The number of hydrogen-bond donors (Lipinski definition) is 2. The molecule has 0 bridgehead atoms. The molecule has 0 saturated heterocycles. The number of methoxy groups -OCH3 is 1. The number of rotatable bonds is 4. The second-order valence-corrected chi connectivity index (χ2v) is 4.98. The van der Waals surface area contributed by atoms with Gasteiger partial charge in [-0.25, -0.2) is 20.5 Å². The summed E-state index contributed by atoms with van der Waals surface area (Å²) < 4.78 is 6.94. The predicted molar refractivity (Wildman–Crippen MR) is 82.8 cm³/mol. The van der Waals surface area contributed by atoms with Gasteiger partial charge in [-0.05, 0) is 30.5 Å². The minimum atomic E-state index is 0.559. The number of fused-ring (bicyclic) bond motifs is 1. The number of hydrogen-bond acceptors (Lipinski definition) is 7. The highest BCUT2D eigenvalue weighted by Crippen LogP contribution is 2.30. The molecule has 0 unspecified atom stereocenters. The third-order valence-corrected chi connectivity index (χ3v) is 3.75. The maximum absolute atomic E-state index is 5.52. The van der Waals surface area contributed by atoms with Crippen LogP contribution in [0.3, 0.4) is 0 Å². The molecule has 3 aromatic rings. The monoisotopic (exact) mass is 302 g/mol. The fraction of sp³-hybridized carbons (Fsp3) is 0.154. The van der Waals surface area contributed by atoms with Gasteiger partial charge in [0.25, 0.3) is 0 Å². The van der Waals surface area contributed by atoms with E-state index >= 15 is 0 Å². The van der Waals surface area contributed by atoms with Gasteiger partial charge in [-0.1, -0.05) is 0 Å². The number of ether oxygens (including phenoxy) is 1. The average molecular weight is 302 g/mol. The summed E-state index contributed by atoms with van der Waals surface area (Å²) in [5, 5.41) is 6.21.